The summed E-state index contributed by atoms with van der Waals surface area (Å²) in [5, 5.41) is 3.62. The summed E-state index contributed by atoms with van der Waals surface area (Å²) in [7, 11) is 0. The van der Waals surface area contributed by atoms with Gasteiger partial charge in [-0.15, -0.1) is 6.58 Å². The lowest BCUT2D eigenvalue weighted by Crippen LogP contribution is -2.35. The molecule has 88 valence electrons. The zero-order valence-electron chi connectivity index (χ0n) is 10.3. The highest BCUT2D eigenvalue weighted by atomic mass is 14.9. The van der Waals surface area contributed by atoms with Crippen LogP contribution in [0.2, 0.25) is 0 Å². The standard InChI is InChI=1S/C14H27N/c1-3-12-15-14(4-2)13-10-8-6-5-7-9-11-13/h4,13-15H,2-3,5-12H2,1H3. The minimum atomic E-state index is 0.558. The van der Waals surface area contributed by atoms with Gasteiger partial charge >= 0.3 is 0 Å². The van der Waals surface area contributed by atoms with Crippen LogP contribution in [0.5, 0.6) is 0 Å². The quantitative estimate of drug-likeness (QED) is 0.677. The van der Waals surface area contributed by atoms with Crippen molar-refractivity contribution in [2.45, 2.75) is 64.3 Å². The zero-order chi connectivity index (χ0) is 10.9. The summed E-state index contributed by atoms with van der Waals surface area (Å²) in [6.07, 6.45) is 13.3. The Morgan fingerprint density at radius 2 is 1.80 bits per heavy atom. The highest BCUT2D eigenvalue weighted by Gasteiger charge is 2.18. The van der Waals surface area contributed by atoms with Gasteiger partial charge in [0.25, 0.3) is 0 Å². The lowest BCUT2D eigenvalue weighted by Gasteiger charge is -2.27. The fourth-order valence-electron chi connectivity index (χ4n) is 2.60. The zero-order valence-corrected chi connectivity index (χ0v) is 10.3. The van der Waals surface area contributed by atoms with E-state index < -0.39 is 0 Å². The van der Waals surface area contributed by atoms with E-state index >= 15 is 0 Å². The largest absolute Gasteiger partial charge is 0.310 e. The molecular weight excluding hydrogens is 182 g/mol. The van der Waals surface area contributed by atoms with Crippen molar-refractivity contribution in [1.29, 1.82) is 0 Å². The molecule has 0 heterocycles. The maximum absolute atomic E-state index is 3.98. The van der Waals surface area contributed by atoms with E-state index in [1.807, 2.05) is 0 Å². The normalized spacial score (nSPS) is 21.7. The van der Waals surface area contributed by atoms with E-state index in [2.05, 4.69) is 24.9 Å². The Bertz CT molecular complexity index is 157. The fraction of sp³-hybridized carbons (Fsp3) is 0.857. The molecule has 0 aromatic rings. The molecule has 0 spiro atoms. The van der Waals surface area contributed by atoms with Crippen molar-refractivity contribution in [3.05, 3.63) is 12.7 Å². The molecule has 1 aliphatic carbocycles. The van der Waals surface area contributed by atoms with Crippen molar-refractivity contribution >= 4 is 0 Å². The van der Waals surface area contributed by atoms with Crippen LogP contribution in [-0.4, -0.2) is 12.6 Å². The van der Waals surface area contributed by atoms with Gasteiger partial charge in [-0.1, -0.05) is 45.1 Å². The highest BCUT2D eigenvalue weighted by Crippen LogP contribution is 2.25. The van der Waals surface area contributed by atoms with Crippen molar-refractivity contribution in [3.8, 4) is 0 Å². The number of hydrogen-bond donors (Lipinski definition) is 1. The summed E-state index contributed by atoms with van der Waals surface area (Å²) >= 11 is 0. The second-order valence-corrected chi connectivity index (χ2v) is 4.82. The van der Waals surface area contributed by atoms with Gasteiger partial charge in [-0.3, -0.25) is 0 Å². The lowest BCUT2D eigenvalue weighted by atomic mass is 9.86. The van der Waals surface area contributed by atoms with Crippen LogP contribution in [0.4, 0.5) is 0 Å². The maximum atomic E-state index is 3.98. The van der Waals surface area contributed by atoms with Crippen LogP contribution in [0.1, 0.15) is 58.3 Å². The van der Waals surface area contributed by atoms with Crippen LogP contribution in [0, 0.1) is 5.92 Å². The Balaban J connectivity index is 2.37. The summed E-state index contributed by atoms with van der Waals surface area (Å²) in [6.45, 7) is 7.34. The molecule has 0 aromatic carbocycles. The molecule has 1 nitrogen and oxygen atoms in total. The second kappa shape index (κ2) is 7.92. The molecule has 1 heteroatoms. The van der Waals surface area contributed by atoms with Crippen LogP contribution in [0.3, 0.4) is 0 Å². The van der Waals surface area contributed by atoms with Crippen molar-refractivity contribution in [3.63, 3.8) is 0 Å². The van der Waals surface area contributed by atoms with Crippen molar-refractivity contribution < 1.29 is 0 Å². The van der Waals surface area contributed by atoms with Gasteiger partial charge in [0.2, 0.25) is 0 Å². The maximum Gasteiger partial charge on any atom is 0.0275 e. The molecule has 0 radical (unpaired) electrons. The van der Waals surface area contributed by atoms with Gasteiger partial charge < -0.3 is 5.32 Å². The summed E-state index contributed by atoms with van der Waals surface area (Å²) in [5.41, 5.74) is 0. The molecule has 1 saturated carbocycles. The van der Waals surface area contributed by atoms with Gasteiger partial charge in [-0.2, -0.15) is 0 Å². The Labute approximate surface area is 95.3 Å². The van der Waals surface area contributed by atoms with Gasteiger partial charge in [0, 0.05) is 6.04 Å². The molecular formula is C14H27N. The molecule has 1 fully saturated rings. The van der Waals surface area contributed by atoms with E-state index in [1.165, 1.54) is 51.4 Å². The summed E-state index contributed by atoms with van der Waals surface area (Å²) in [4.78, 5) is 0. The molecule has 0 saturated heterocycles. The highest BCUT2D eigenvalue weighted by molar-refractivity contribution is 4.91. The molecule has 1 atom stereocenters. The Kier molecular flexibility index (Phi) is 6.74. The van der Waals surface area contributed by atoms with E-state index in [4.69, 9.17) is 0 Å². The molecule has 1 rings (SSSR count). The minimum Gasteiger partial charge on any atom is -0.310 e. The summed E-state index contributed by atoms with van der Waals surface area (Å²) in [5.74, 6) is 0.842. The average molecular weight is 209 g/mol. The van der Waals surface area contributed by atoms with Gasteiger partial charge in [0.05, 0.1) is 0 Å². The van der Waals surface area contributed by atoms with E-state index in [0.29, 0.717) is 6.04 Å². The van der Waals surface area contributed by atoms with Gasteiger partial charge in [-0.05, 0) is 31.7 Å². The van der Waals surface area contributed by atoms with Crippen LogP contribution in [0.25, 0.3) is 0 Å². The fourth-order valence-corrected chi connectivity index (χ4v) is 2.60. The molecule has 1 N–H and O–H groups in total. The van der Waals surface area contributed by atoms with Crippen molar-refractivity contribution in [2.24, 2.45) is 5.92 Å². The third-order valence-electron chi connectivity index (χ3n) is 3.54. The van der Waals surface area contributed by atoms with Crippen LogP contribution in [-0.2, 0) is 0 Å². The molecule has 0 aromatic heterocycles. The third kappa shape index (κ3) is 4.83. The Morgan fingerprint density at radius 3 is 2.33 bits per heavy atom. The predicted octanol–water partition coefficient (Wildman–Crippen LogP) is 3.90. The molecule has 0 bridgehead atoms. The summed E-state index contributed by atoms with van der Waals surface area (Å²) < 4.78 is 0. The summed E-state index contributed by atoms with van der Waals surface area (Å²) in [6, 6.07) is 0.558. The van der Waals surface area contributed by atoms with Crippen molar-refractivity contribution in [2.75, 3.05) is 6.54 Å². The van der Waals surface area contributed by atoms with E-state index in [-0.39, 0.29) is 0 Å². The van der Waals surface area contributed by atoms with Gasteiger partial charge in [-0.25, -0.2) is 0 Å². The molecule has 1 unspecified atom stereocenters. The number of rotatable bonds is 5. The van der Waals surface area contributed by atoms with Crippen LogP contribution < -0.4 is 5.32 Å². The smallest absolute Gasteiger partial charge is 0.0275 e. The Hall–Kier alpha value is -0.300. The predicted molar refractivity (Wildman–Crippen MR) is 68.1 cm³/mol. The first-order valence-corrected chi connectivity index (χ1v) is 6.74. The van der Waals surface area contributed by atoms with Gasteiger partial charge in [0.1, 0.15) is 0 Å². The average Bonchev–Trinajstić information content (AvgIpc) is 2.21. The monoisotopic (exact) mass is 209 g/mol. The first kappa shape index (κ1) is 12.8. The molecule has 0 aliphatic heterocycles. The first-order valence-electron chi connectivity index (χ1n) is 6.74. The molecule has 15 heavy (non-hydrogen) atoms. The second-order valence-electron chi connectivity index (χ2n) is 4.82. The third-order valence-corrected chi connectivity index (χ3v) is 3.54. The van der Waals surface area contributed by atoms with E-state index in [9.17, 15) is 0 Å². The number of nitrogens with one attached hydrogen (secondary N) is 1. The molecule has 1 aliphatic rings. The minimum absolute atomic E-state index is 0.558. The van der Waals surface area contributed by atoms with Crippen LogP contribution >= 0.6 is 0 Å². The van der Waals surface area contributed by atoms with E-state index in [1.54, 1.807) is 0 Å². The number of hydrogen-bond acceptors (Lipinski definition) is 1. The lowest BCUT2D eigenvalue weighted by molar-refractivity contribution is 0.319. The van der Waals surface area contributed by atoms with E-state index in [0.717, 1.165) is 12.5 Å². The van der Waals surface area contributed by atoms with Crippen molar-refractivity contribution in [1.82, 2.24) is 5.32 Å². The van der Waals surface area contributed by atoms with Crippen LogP contribution in [0.15, 0.2) is 12.7 Å². The van der Waals surface area contributed by atoms with Gasteiger partial charge in [0.15, 0.2) is 0 Å². The topological polar surface area (TPSA) is 12.0 Å². The first-order chi connectivity index (χ1) is 7.38. The Morgan fingerprint density at radius 1 is 1.20 bits per heavy atom. The molecule has 0 amide bonds. The SMILES string of the molecule is C=CC(NCCC)C1CCCCCCC1.